The summed E-state index contributed by atoms with van der Waals surface area (Å²) < 4.78 is 5.55. The monoisotopic (exact) mass is 514 g/mol. The first-order valence-electron chi connectivity index (χ1n) is 10.3. The van der Waals surface area contributed by atoms with Gasteiger partial charge in [0.1, 0.15) is 6.10 Å². The Labute approximate surface area is 192 Å². The summed E-state index contributed by atoms with van der Waals surface area (Å²) in [6.45, 7) is 11.2. The van der Waals surface area contributed by atoms with Gasteiger partial charge in [-0.2, -0.15) is 0 Å². The van der Waals surface area contributed by atoms with Crippen LogP contribution in [0.1, 0.15) is 37.8 Å². The van der Waals surface area contributed by atoms with E-state index in [0.29, 0.717) is 6.61 Å². The molecule has 1 unspecified atom stereocenters. The fourth-order valence-corrected chi connectivity index (χ4v) is 4.17. The highest BCUT2D eigenvalue weighted by Gasteiger charge is 2.31. The molecule has 0 saturated carbocycles. The van der Waals surface area contributed by atoms with E-state index >= 15 is 0 Å². The van der Waals surface area contributed by atoms with Crippen LogP contribution in [-0.2, 0) is 14.9 Å². The van der Waals surface area contributed by atoms with E-state index in [1.54, 1.807) is 0 Å². The molecule has 2 fully saturated rings. The molecular weight excluding hydrogens is 479 g/mol. The summed E-state index contributed by atoms with van der Waals surface area (Å²) >= 11 is 0. The predicted octanol–water partition coefficient (Wildman–Crippen LogP) is 2.79. The summed E-state index contributed by atoms with van der Waals surface area (Å²) in [6, 6.07) is 8.55. The minimum absolute atomic E-state index is 0. The summed E-state index contributed by atoms with van der Waals surface area (Å²) in [6.07, 6.45) is 1.62. The zero-order valence-corrected chi connectivity index (χ0v) is 20.4. The first-order valence-corrected chi connectivity index (χ1v) is 10.3. The molecule has 0 spiro atoms. The Bertz CT molecular complexity index is 709. The number of aryl methyl sites for hydroxylation is 1. The summed E-state index contributed by atoms with van der Waals surface area (Å²) in [4.78, 5) is 21.2. The molecule has 1 amide bonds. The highest BCUT2D eigenvalue weighted by Crippen LogP contribution is 2.25. The first kappa shape index (κ1) is 23.9. The Morgan fingerprint density at radius 2 is 1.86 bits per heavy atom. The number of halogens is 1. The molecule has 2 heterocycles. The second kappa shape index (κ2) is 10.6. The number of benzene rings is 1. The fraction of sp³-hybridized carbons (Fsp3) is 0.636. The smallest absolute Gasteiger partial charge is 0.251 e. The van der Waals surface area contributed by atoms with Gasteiger partial charge in [0.25, 0.3) is 5.91 Å². The molecule has 0 bridgehead atoms. The number of ether oxygens (including phenoxy) is 1. The number of amides is 1. The van der Waals surface area contributed by atoms with Crippen LogP contribution in [0.5, 0.6) is 0 Å². The van der Waals surface area contributed by atoms with Crippen molar-refractivity contribution >= 4 is 35.8 Å². The van der Waals surface area contributed by atoms with E-state index in [1.165, 1.54) is 11.1 Å². The van der Waals surface area contributed by atoms with E-state index in [9.17, 15) is 4.79 Å². The van der Waals surface area contributed by atoms with Crippen LogP contribution in [0.4, 0.5) is 0 Å². The topological polar surface area (TPSA) is 57.2 Å². The first-order chi connectivity index (χ1) is 13.4. The molecule has 1 aromatic rings. The van der Waals surface area contributed by atoms with Crippen LogP contribution in [0.25, 0.3) is 0 Å². The number of carbonyl (C=O) groups excluding carboxylic acids is 1. The van der Waals surface area contributed by atoms with Gasteiger partial charge in [0.15, 0.2) is 5.96 Å². The number of hydrogen-bond donors (Lipinski definition) is 1. The molecule has 29 heavy (non-hydrogen) atoms. The van der Waals surface area contributed by atoms with Crippen LogP contribution >= 0.6 is 24.0 Å². The molecule has 162 valence electrons. The maximum Gasteiger partial charge on any atom is 0.251 e. The minimum Gasteiger partial charge on any atom is -0.368 e. The van der Waals surface area contributed by atoms with Crippen molar-refractivity contribution in [3.8, 4) is 0 Å². The summed E-state index contributed by atoms with van der Waals surface area (Å²) in [5, 5.41) is 3.55. The highest BCUT2D eigenvalue weighted by molar-refractivity contribution is 14.0. The molecule has 6 nitrogen and oxygen atoms in total. The SMILES string of the molecule is CN=C(NCC(C)(C)c1ccccc1C)N1CCN(C(=O)C2CCCO2)CC1.I. The summed E-state index contributed by atoms with van der Waals surface area (Å²) in [5.41, 5.74) is 2.66. The lowest BCUT2D eigenvalue weighted by Crippen LogP contribution is -2.56. The minimum atomic E-state index is -0.223. The Kier molecular flexibility index (Phi) is 8.75. The average molecular weight is 514 g/mol. The van der Waals surface area contributed by atoms with Crippen LogP contribution in [0.2, 0.25) is 0 Å². The van der Waals surface area contributed by atoms with Gasteiger partial charge in [-0.05, 0) is 30.9 Å². The van der Waals surface area contributed by atoms with E-state index in [-0.39, 0.29) is 41.4 Å². The van der Waals surface area contributed by atoms with E-state index in [0.717, 1.165) is 51.5 Å². The average Bonchev–Trinajstić information content (AvgIpc) is 3.23. The van der Waals surface area contributed by atoms with Crippen LogP contribution in [0.15, 0.2) is 29.3 Å². The second-order valence-corrected chi connectivity index (χ2v) is 8.41. The number of hydrogen-bond acceptors (Lipinski definition) is 3. The van der Waals surface area contributed by atoms with Crippen LogP contribution in [-0.4, -0.2) is 74.1 Å². The standard InChI is InChI=1S/C22H34N4O2.HI/c1-17-8-5-6-9-18(17)22(2,3)16-24-21(23-4)26-13-11-25(12-14-26)20(27)19-10-7-15-28-19;/h5-6,8-9,19H,7,10-16H2,1-4H3,(H,23,24);1H. The van der Waals surface area contributed by atoms with Gasteiger partial charge in [-0.15, -0.1) is 24.0 Å². The predicted molar refractivity (Wildman–Crippen MR) is 128 cm³/mol. The number of rotatable bonds is 4. The molecule has 0 aliphatic carbocycles. The van der Waals surface area contributed by atoms with Crippen molar-refractivity contribution < 1.29 is 9.53 Å². The molecule has 0 aromatic heterocycles. The molecule has 2 aliphatic rings. The highest BCUT2D eigenvalue weighted by atomic mass is 127. The number of guanidine groups is 1. The van der Waals surface area contributed by atoms with Gasteiger partial charge < -0.3 is 19.9 Å². The van der Waals surface area contributed by atoms with Crippen molar-refractivity contribution in [2.24, 2.45) is 4.99 Å². The maximum atomic E-state index is 12.5. The third-order valence-corrected chi connectivity index (χ3v) is 5.87. The second-order valence-electron chi connectivity index (χ2n) is 8.41. The largest absolute Gasteiger partial charge is 0.368 e. The van der Waals surface area contributed by atoms with Crippen LogP contribution in [0, 0.1) is 6.92 Å². The van der Waals surface area contributed by atoms with Gasteiger partial charge in [-0.25, -0.2) is 0 Å². The van der Waals surface area contributed by atoms with Crippen molar-refractivity contribution in [2.45, 2.75) is 45.1 Å². The van der Waals surface area contributed by atoms with E-state index in [4.69, 9.17) is 4.74 Å². The van der Waals surface area contributed by atoms with Crippen molar-refractivity contribution in [2.75, 3.05) is 46.4 Å². The Hall–Kier alpha value is -1.35. The zero-order valence-electron chi connectivity index (χ0n) is 18.1. The number of carbonyl (C=O) groups is 1. The quantitative estimate of drug-likeness (QED) is 0.382. The van der Waals surface area contributed by atoms with Crippen LogP contribution < -0.4 is 5.32 Å². The number of aliphatic imine (C=N–C) groups is 1. The maximum absolute atomic E-state index is 12.5. The molecule has 2 aliphatic heterocycles. The zero-order chi connectivity index (χ0) is 20.1. The molecular formula is C22H35IN4O2. The Balaban J connectivity index is 0.00000300. The van der Waals surface area contributed by atoms with Gasteiger partial charge in [-0.3, -0.25) is 9.79 Å². The van der Waals surface area contributed by atoms with Crippen LogP contribution in [0.3, 0.4) is 0 Å². The summed E-state index contributed by atoms with van der Waals surface area (Å²) in [5.74, 6) is 1.06. The Morgan fingerprint density at radius 1 is 1.21 bits per heavy atom. The third-order valence-electron chi connectivity index (χ3n) is 5.87. The third kappa shape index (κ3) is 5.84. The number of nitrogens with one attached hydrogen (secondary N) is 1. The van der Waals surface area contributed by atoms with E-state index in [1.807, 2.05) is 11.9 Å². The van der Waals surface area contributed by atoms with E-state index < -0.39 is 0 Å². The molecule has 1 atom stereocenters. The summed E-state index contributed by atoms with van der Waals surface area (Å²) in [7, 11) is 1.83. The molecule has 0 radical (unpaired) electrons. The lowest BCUT2D eigenvalue weighted by atomic mass is 9.82. The van der Waals surface area contributed by atoms with Gasteiger partial charge in [0, 0.05) is 51.8 Å². The van der Waals surface area contributed by atoms with Gasteiger partial charge in [-0.1, -0.05) is 38.1 Å². The molecule has 2 saturated heterocycles. The van der Waals surface area contributed by atoms with Gasteiger partial charge >= 0.3 is 0 Å². The van der Waals surface area contributed by atoms with Crippen molar-refractivity contribution in [1.29, 1.82) is 0 Å². The molecule has 3 rings (SSSR count). The molecule has 1 aromatic carbocycles. The Morgan fingerprint density at radius 3 is 2.45 bits per heavy atom. The van der Waals surface area contributed by atoms with Gasteiger partial charge in [0.2, 0.25) is 0 Å². The number of nitrogens with zero attached hydrogens (tertiary/aromatic N) is 3. The van der Waals surface area contributed by atoms with Crippen molar-refractivity contribution in [3.05, 3.63) is 35.4 Å². The lowest BCUT2D eigenvalue weighted by Gasteiger charge is -2.38. The van der Waals surface area contributed by atoms with Crippen molar-refractivity contribution in [1.82, 2.24) is 15.1 Å². The van der Waals surface area contributed by atoms with Crippen molar-refractivity contribution in [3.63, 3.8) is 0 Å². The normalized spacial score (nSPS) is 20.4. The lowest BCUT2D eigenvalue weighted by molar-refractivity contribution is -0.142. The van der Waals surface area contributed by atoms with Gasteiger partial charge in [0.05, 0.1) is 0 Å². The number of piperazine rings is 1. The molecule has 7 heteroatoms. The molecule has 1 N–H and O–H groups in total. The fourth-order valence-electron chi connectivity index (χ4n) is 4.17. The van der Waals surface area contributed by atoms with E-state index in [2.05, 4.69) is 60.2 Å².